The van der Waals surface area contributed by atoms with Crippen LogP contribution in [0.4, 0.5) is 5.69 Å². The van der Waals surface area contributed by atoms with E-state index in [-0.39, 0.29) is 24.0 Å². The van der Waals surface area contributed by atoms with Gasteiger partial charge in [0.1, 0.15) is 17.9 Å². The molecule has 1 aliphatic rings. The summed E-state index contributed by atoms with van der Waals surface area (Å²) in [7, 11) is 1.46. The molecule has 0 radical (unpaired) electrons. The van der Waals surface area contributed by atoms with Crippen LogP contribution in [0.1, 0.15) is 12.8 Å². The highest BCUT2D eigenvalue weighted by atomic mass is 16.6. The monoisotopic (exact) mass is 277 g/mol. The summed E-state index contributed by atoms with van der Waals surface area (Å²) >= 11 is 0. The van der Waals surface area contributed by atoms with Gasteiger partial charge < -0.3 is 15.2 Å². The fourth-order valence-corrected chi connectivity index (χ4v) is 1.92. The Morgan fingerprint density at radius 2 is 2.30 bits per heavy atom. The smallest absolute Gasteiger partial charge is 0.311 e. The molecule has 1 saturated carbocycles. The molecule has 0 aromatic heterocycles. The summed E-state index contributed by atoms with van der Waals surface area (Å²) < 4.78 is 10.4. The highest BCUT2D eigenvalue weighted by Gasteiger charge is 2.43. The van der Waals surface area contributed by atoms with Crippen molar-refractivity contribution >= 4 is 5.69 Å². The van der Waals surface area contributed by atoms with Crippen molar-refractivity contribution in [3.8, 4) is 17.6 Å². The van der Waals surface area contributed by atoms with Gasteiger partial charge in [0.25, 0.3) is 0 Å². The second kappa shape index (κ2) is 5.35. The van der Waals surface area contributed by atoms with Crippen molar-refractivity contribution in [2.45, 2.75) is 18.4 Å². The maximum Gasteiger partial charge on any atom is 0.311 e. The van der Waals surface area contributed by atoms with E-state index >= 15 is 0 Å². The largest absolute Gasteiger partial charge is 0.497 e. The summed E-state index contributed by atoms with van der Waals surface area (Å²) in [5.74, 6) is 0.592. The lowest BCUT2D eigenvalue weighted by Crippen LogP contribution is -2.46. The number of nitro groups is 1. The second-order valence-electron chi connectivity index (χ2n) is 4.81. The maximum absolute atomic E-state index is 11.0. The molecule has 2 rings (SSSR count). The third-order valence-electron chi connectivity index (χ3n) is 3.34. The third-order valence-corrected chi connectivity index (χ3v) is 3.34. The van der Waals surface area contributed by atoms with Crippen molar-refractivity contribution in [2.24, 2.45) is 11.7 Å². The SMILES string of the molecule is COc1ccc([N+](=O)[O-])c(OCC(N)(C#N)C2CC2)c1. The molecule has 2 N–H and O–H groups in total. The highest BCUT2D eigenvalue weighted by Crippen LogP contribution is 2.39. The summed E-state index contributed by atoms with van der Waals surface area (Å²) in [6.07, 6.45) is 1.77. The van der Waals surface area contributed by atoms with Crippen LogP contribution in [-0.4, -0.2) is 24.2 Å². The van der Waals surface area contributed by atoms with Crippen LogP contribution in [0.2, 0.25) is 0 Å². The van der Waals surface area contributed by atoms with Crippen LogP contribution in [0.15, 0.2) is 18.2 Å². The van der Waals surface area contributed by atoms with E-state index in [1.54, 1.807) is 0 Å². The van der Waals surface area contributed by atoms with Crippen molar-refractivity contribution in [3.63, 3.8) is 0 Å². The first-order valence-electron chi connectivity index (χ1n) is 6.15. The minimum atomic E-state index is -1.10. The maximum atomic E-state index is 11.0. The molecular formula is C13H15N3O4. The van der Waals surface area contributed by atoms with Crippen molar-refractivity contribution in [3.05, 3.63) is 28.3 Å². The number of ether oxygens (including phenoxy) is 2. The summed E-state index contributed by atoms with van der Waals surface area (Å²) in [6.45, 7) is -0.0812. The number of rotatable bonds is 6. The predicted octanol–water partition coefficient (Wildman–Crippen LogP) is 1.61. The number of nitro benzene ring substituents is 1. The zero-order valence-corrected chi connectivity index (χ0v) is 11.0. The van der Waals surface area contributed by atoms with Gasteiger partial charge in [-0.05, 0) is 24.8 Å². The van der Waals surface area contributed by atoms with Crippen LogP contribution in [0.25, 0.3) is 0 Å². The molecule has 0 heterocycles. The molecule has 1 fully saturated rings. The Bertz CT molecular complexity index is 565. The number of hydrogen-bond acceptors (Lipinski definition) is 6. The predicted molar refractivity (Wildman–Crippen MR) is 70.4 cm³/mol. The molecule has 106 valence electrons. The Morgan fingerprint density at radius 3 is 2.80 bits per heavy atom. The molecule has 0 bridgehead atoms. The quantitative estimate of drug-likeness (QED) is 0.624. The molecule has 0 amide bonds. The van der Waals surface area contributed by atoms with E-state index in [9.17, 15) is 10.1 Å². The Morgan fingerprint density at radius 1 is 1.60 bits per heavy atom. The van der Waals surface area contributed by atoms with Gasteiger partial charge >= 0.3 is 5.69 Å². The van der Waals surface area contributed by atoms with Gasteiger partial charge in [0.15, 0.2) is 0 Å². The lowest BCUT2D eigenvalue weighted by molar-refractivity contribution is -0.385. The van der Waals surface area contributed by atoms with Crippen molar-refractivity contribution in [1.82, 2.24) is 0 Å². The molecule has 1 aromatic carbocycles. The molecule has 1 aliphatic carbocycles. The van der Waals surface area contributed by atoms with E-state index in [4.69, 9.17) is 20.5 Å². The normalized spacial score (nSPS) is 16.9. The number of benzene rings is 1. The van der Waals surface area contributed by atoms with E-state index in [1.165, 1.54) is 25.3 Å². The van der Waals surface area contributed by atoms with Gasteiger partial charge in [-0.15, -0.1) is 0 Å². The molecule has 20 heavy (non-hydrogen) atoms. The number of nitrogens with two attached hydrogens (primary N) is 1. The Labute approximate surface area is 116 Å². The van der Waals surface area contributed by atoms with Gasteiger partial charge in [-0.2, -0.15) is 5.26 Å². The van der Waals surface area contributed by atoms with Gasteiger partial charge in [0, 0.05) is 12.1 Å². The highest BCUT2D eigenvalue weighted by molar-refractivity contribution is 5.50. The number of nitrogens with zero attached hydrogens (tertiary/aromatic N) is 2. The van der Waals surface area contributed by atoms with Crippen LogP contribution in [0.5, 0.6) is 11.5 Å². The Balaban J connectivity index is 2.19. The minimum absolute atomic E-state index is 0.0556. The average molecular weight is 277 g/mol. The second-order valence-corrected chi connectivity index (χ2v) is 4.81. The number of nitriles is 1. The van der Waals surface area contributed by atoms with Crippen molar-refractivity contribution < 1.29 is 14.4 Å². The fourth-order valence-electron chi connectivity index (χ4n) is 1.92. The molecule has 7 heteroatoms. The molecule has 0 saturated heterocycles. The summed E-state index contributed by atoms with van der Waals surface area (Å²) in [5.41, 5.74) is 4.68. The Hall–Kier alpha value is -2.33. The Kier molecular flexibility index (Phi) is 3.77. The van der Waals surface area contributed by atoms with E-state index < -0.39 is 10.5 Å². The van der Waals surface area contributed by atoms with E-state index in [0.29, 0.717) is 5.75 Å². The molecule has 1 atom stereocenters. The molecule has 0 spiro atoms. The number of methoxy groups -OCH3 is 1. The van der Waals surface area contributed by atoms with Crippen molar-refractivity contribution in [1.29, 1.82) is 5.26 Å². The van der Waals surface area contributed by atoms with Crippen LogP contribution in [0, 0.1) is 27.4 Å². The van der Waals surface area contributed by atoms with Crippen LogP contribution in [-0.2, 0) is 0 Å². The standard InChI is InChI=1S/C13H15N3O4/c1-19-10-4-5-11(16(17)18)12(6-10)20-8-13(15,7-14)9-2-3-9/h4-6,9H,2-3,8,15H2,1H3. The van der Waals surface area contributed by atoms with E-state index in [1.807, 2.05) is 6.07 Å². The third kappa shape index (κ3) is 2.81. The van der Waals surface area contributed by atoms with Crippen molar-refractivity contribution in [2.75, 3.05) is 13.7 Å². The molecule has 1 unspecified atom stereocenters. The van der Waals surface area contributed by atoms with Gasteiger partial charge in [-0.25, -0.2) is 0 Å². The number of hydrogen-bond donors (Lipinski definition) is 1. The molecule has 7 nitrogen and oxygen atoms in total. The first kappa shape index (κ1) is 14.1. The molecule has 1 aromatic rings. The summed E-state index contributed by atoms with van der Waals surface area (Å²) in [6, 6.07) is 6.24. The first-order chi connectivity index (χ1) is 9.50. The van der Waals surface area contributed by atoms with Crippen LogP contribution >= 0.6 is 0 Å². The van der Waals surface area contributed by atoms with Crippen LogP contribution < -0.4 is 15.2 Å². The van der Waals surface area contributed by atoms with Gasteiger partial charge in [0.05, 0.1) is 18.1 Å². The van der Waals surface area contributed by atoms with Gasteiger partial charge in [0.2, 0.25) is 5.75 Å². The van der Waals surface area contributed by atoms with E-state index in [2.05, 4.69) is 0 Å². The summed E-state index contributed by atoms with van der Waals surface area (Å²) in [5, 5.41) is 20.1. The zero-order chi connectivity index (χ0) is 14.8. The van der Waals surface area contributed by atoms with Gasteiger partial charge in [-0.1, -0.05) is 0 Å². The lowest BCUT2D eigenvalue weighted by Gasteiger charge is -2.21. The van der Waals surface area contributed by atoms with Gasteiger partial charge in [-0.3, -0.25) is 10.1 Å². The zero-order valence-electron chi connectivity index (χ0n) is 11.0. The summed E-state index contributed by atoms with van der Waals surface area (Å²) in [4.78, 5) is 10.4. The van der Waals surface area contributed by atoms with E-state index in [0.717, 1.165) is 12.8 Å². The molecule has 0 aliphatic heterocycles. The van der Waals surface area contributed by atoms with Crippen LogP contribution in [0.3, 0.4) is 0 Å². The minimum Gasteiger partial charge on any atom is -0.497 e. The average Bonchev–Trinajstić information content (AvgIpc) is 3.29. The lowest BCUT2D eigenvalue weighted by atomic mass is 9.98. The fraction of sp³-hybridized carbons (Fsp3) is 0.462. The topological polar surface area (TPSA) is 111 Å². The first-order valence-corrected chi connectivity index (χ1v) is 6.15. The molecular weight excluding hydrogens is 262 g/mol.